The predicted octanol–water partition coefficient (Wildman–Crippen LogP) is -0.0767. The zero-order chi connectivity index (χ0) is 13.7. The first-order chi connectivity index (χ1) is 7.18. The zero-order valence-electron chi connectivity index (χ0n) is 9.39. The summed E-state index contributed by atoms with van der Waals surface area (Å²) in [4.78, 5) is 30.5. The van der Waals surface area contributed by atoms with Gasteiger partial charge in [0.1, 0.15) is 6.23 Å². The van der Waals surface area contributed by atoms with E-state index in [1.807, 2.05) is 18.7 Å². The summed E-state index contributed by atoms with van der Waals surface area (Å²) in [6.45, 7) is 7.71. The average molecular weight is 279 g/mol. The van der Waals surface area contributed by atoms with Crippen LogP contribution in [0.5, 0.6) is 0 Å². The normalized spacial score (nSPS) is 10.6. The highest BCUT2D eigenvalue weighted by atomic mass is 31.1. The highest BCUT2D eigenvalue weighted by molar-refractivity contribution is 7.31. The van der Waals surface area contributed by atoms with Crippen LogP contribution < -0.4 is 0 Å². The van der Waals surface area contributed by atoms with Gasteiger partial charge in [-0.15, -0.1) is 19.6 Å². The van der Waals surface area contributed by atoms with Gasteiger partial charge in [0.25, 0.3) is 0 Å². The molecule has 1 unspecified atom stereocenters. The first-order valence-corrected chi connectivity index (χ1v) is 6.64. The molecule has 0 aliphatic rings. The minimum atomic E-state index is -2.87. The summed E-state index contributed by atoms with van der Waals surface area (Å²) >= 11 is 0. The Morgan fingerprint density at radius 2 is 1.19 bits per heavy atom. The Balaban J connectivity index is -0.000000179. The van der Waals surface area contributed by atoms with Gasteiger partial charge in [0.15, 0.2) is 0 Å². The summed E-state index contributed by atoms with van der Waals surface area (Å²) < 4.78 is 17.4. The van der Waals surface area contributed by atoms with Gasteiger partial charge in [0.05, 0.1) is 0 Å². The molecule has 0 amide bonds. The Labute approximate surface area is 96.1 Å². The minimum absolute atomic E-state index is 0.287. The van der Waals surface area contributed by atoms with Gasteiger partial charge in [-0.25, -0.2) is 0 Å². The van der Waals surface area contributed by atoms with Gasteiger partial charge in [0, 0.05) is 9.13 Å². The highest BCUT2D eigenvalue weighted by Gasteiger charge is 2.02. The van der Waals surface area contributed by atoms with Crippen molar-refractivity contribution in [2.24, 2.45) is 0 Å². The molecule has 8 nitrogen and oxygen atoms in total. The third-order valence-corrected chi connectivity index (χ3v) is 1.34. The van der Waals surface area contributed by atoms with Gasteiger partial charge in [-0.3, -0.25) is 4.90 Å². The molecule has 10 heteroatoms. The second-order valence-electron chi connectivity index (χ2n) is 2.36. The fraction of sp³-hybridized carbons (Fsp3) is 1.00. The maximum absolute atomic E-state index is 8.94. The van der Waals surface area contributed by atoms with E-state index >= 15 is 0 Å². The van der Waals surface area contributed by atoms with Gasteiger partial charge in [-0.05, 0) is 20.0 Å². The lowest BCUT2D eigenvalue weighted by atomic mass is 10.5. The second kappa shape index (κ2) is 15.0. The SMILES string of the molecule is CCN(CC)C(C)O.O=[P+](O)O.O=[P+](O)O. The van der Waals surface area contributed by atoms with Crippen LogP contribution in [-0.4, -0.2) is 48.9 Å². The third-order valence-electron chi connectivity index (χ3n) is 1.34. The Hall–Kier alpha value is -0.0400. The highest BCUT2D eigenvalue weighted by Crippen LogP contribution is 1.99. The van der Waals surface area contributed by atoms with Gasteiger partial charge in [-0.2, -0.15) is 0 Å². The van der Waals surface area contributed by atoms with E-state index in [9.17, 15) is 0 Å². The van der Waals surface area contributed by atoms with Gasteiger partial charge >= 0.3 is 16.5 Å². The van der Waals surface area contributed by atoms with Crippen LogP contribution in [0.15, 0.2) is 0 Å². The van der Waals surface area contributed by atoms with Crippen molar-refractivity contribution in [3.05, 3.63) is 0 Å². The summed E-state index contributed by atoms with van der Waals surface area (Å²) in [5.41, 5.74) is 0. The minimum Gasteiger partial charge on any atom is -0.379 e. The maximum Gasteiger partial charge on any atom is 0.692 e. The van der Waals surface area contributed by atoms with Gasteiger partial charge in [0.2, 0.25) is 0 Å². The van der Waals surface area contributed by atoms with E-state index in [0.717, 1.165) is 13.1 Å². The topological polar surface area (TPSA) is 139 Å². The molecule has 0 spiro atoms. The quantitative estimate of drug-likeness (QED) is 0.357. The number of nitrogens with zero attached hydrogens (tertiary/aromatic N) is 1. The van der Waals surface area contributed by atoms with Crippen molar-refractivity contribution < 1.29 is 33.8 Å². The Bertz CT molecular complexity index is 166. The van der Waals surface area contributed by atoms with Crippen LogP contribution in [0.1, 0.15) is 20.8 Å². The van der Waals surface area contributed by atoms with E-state index in [1.54, 1.807) is 6.92 Å². The Morgan fingerprint density at radius 1 is 1.00 bits per heavy atom. The third kappa shape index (κ3) is 37.0. The van der Waals surface area contributed by atoms with E-state index in [-0.39, 0.29) is 6.23 Å². The standard InChI is InChI=1S/C6H15NO.2HO3P/c1-4-7(5-2)6(3)8;2*1-4(2)3/h6,8H,4-5H2,1-3H3;2*(H-,1,2,3)/p+2. The van der Waals surface area contributed by atoms with Crippen LogP contribution in [0.3, 0.4) is 0 Å². The van der Waals surface area contributed by atoms with Crippen molar-refractivity contribution in [2.45, 2.75) is 27.0 Å². The molecule has 0 aliphatic heterocycles. The summed E-state index contributed by atoms with van der Waals surface area (Å²) in [6.07, 6.45) is -0.287. The Morgan fingerprint density at radius 3 is 1.19 bits per heavy atom. The van der Waals surface area contributed by atoms with Crippen molar-refractivity contribution in [3.8, 4) is 0 Å². The first kappa shape index (κ1) is 21.3. The average Bonchev–Trinajstić information content (AvgIpc) is 2.03. The van der Waals surface area contributed by atoms with Crippen molar-refractivity contribution in [1.82, 2.24) is 4.90 Å². The van der Waals surface area contributed by atoms with E-state index in [2.05, 4.69) is 0 Å². The van der Waals surface area contributed by atoms with Crippen LogP contribution in [0.25, 0.3) is 0 Å². The lowest BCUT2D eigenvalue weighted by Crippen LogP contribution is -2.32. The molecule has 0 radical (unpaired) electrons. The second-order valence-corrected chi connectivity index (χ2v) is 3.37. The molecule has 0 rings (SSSR count). The molecule has 0 aromatic rings. The van der Waals surface area contributed by atoms with Crippen molar-refractivity contribution >= 4 is 16.5 Å². The number of aliphatic hydroxyl groups is 1. The zero-order valence-corrected chi connectivity index (χ0v) is 11.2. The number of hydrogen-bond acceptors (Lipinski definition) is 4. The molecule has 0 heterocycles. The summed E-state index contributed by atoms with van der Waals surface area (Å²) in [6, 6.07) is 0. The van der Waals surface area contributed by atoms with Crippen molar-refractivity contribution in [2.75, 3.05) is 13.1 Å². The number of rotatable bonds is 3. The monoisotopic (exact) mass is 279 g/mol. The molecule has 0 fully saturated rings. The predicted molar refractivity (Wildman–Crippen MR) is 58.7 cm³/mol. The molecule has 0 aromatic carbocycles. The maximum atomic E-state index is 8.94. The number of hydrogen-bond donors (Lipinski definition) is 5. The molecule has 0 bridgehead atoms. The van der Waals surface area contributed by atoms with Crippen molar-refractivity contribution in [1.29, 1.82) is 0 Å². The van der Waals surface area contributed by atoms with Gasteiger partial charge < -0.3 is 5.11 Å². The molecule has 0 saturated heterocycles. The molecule has 16 heavy (non-hydrogen) atoms. The van der Waals surface area contributed by atoms with Crippen molar-refractivity contribution in [3.63, 3.8) is 0 Å². The molecule has 0 saturated carbocycles. The Kier molecular flexibility index (Phi) is 19.9. The van der Waals surface area contributed by atoms with Crippen LogP contribution in [0, 0.1) is 0 Å². The van der Waals surface area contributed by atoms with Crippen LogP contribution >= 0.6 is 16.5 Å². The largest absolute Gasteiger partial charge is 0.692 e. The smallest absolute Gasteiger partial charge is 0.379 e. The molecule has 1 atom stereocenters. The lowest BCUT2D eigenvalue weighted by molar-refractivity contribution is 0.0265. The molecular formula is C6H19NO7P2+2. The fourth-order valence-corrected chi connectivity index (χ4v) is 0.752. The first-order valence-electron chi connectivity index (χ1n) is 4.31. The van der Waals surface area contributed by atoms with E-state index in [0.29, 0.717) is 0 Å². The van der Waals surface area contributed by atoms with Crippen LogP contribution in [0.4, 0.5) is 0 Å². The van der Waals surface area contributed by atoms with Crippen LogP contribution in [-0.2, 0) is 9.13 Å². The molecule has 5 N–H and O–H groups in total. The summed E-state index contributed by atoms with van der Waals surface area (Å²) in [7, 11) is -5.74. The molecule has 0 aliphatic carbocycles. The summed E-state index contributed by atoms with van der Waals surface area (Å²) in [5, 5.41) is 8.94. The van der Waals surface area contributed by atoms with Crippen LogP contribution in [0.2, 0.25) is 0 Å². The number of aliphatic hydroxyl groups excluding tert-OH is 1. The molecule has 0 aromatic heterocycles. The molecule has 98 valence electrons. The molecular weight excluding hydrogens is 260 g/mol. The van der Waals surface area contributed by atoms with E-state index in [1.165, 1.54) is 0 Å². The van der Waals surface area contributed by atoms with Gasteiger partial charge in [-0.1, -0.05) is 13.8 Å². The summed E-state index contributed by atoms with van der Waals surface area (Å²) in [5.74, 6) is 0. The van der Waals surface area contributed by atoms with E-state index in [4.69, 9.17) is 33.8 Å². The fourth-order valence-electron chi connectivity index (χ4n) is 0.752. The van der Waals surface area contributed by atoms with E-state index < -0.39 is 16.5 Å². The lowest BCUT2D eigenvalue weighted by Gasteiger charge is -2.20.